The fourth-order valence-electron chi connectivity index (χ4n) is 3.90. The molecule has 16 heteroatoms. The quantitative estimate of drug-likeness (QED) is 0.333. The third kappa shape index (κ3) is 5.24. The maximum absolute atomic E-state index is 13.9. The Morgan fingerprint density at radius 1 is 1.05 bits per heavy atom. The van der Waals surface area contributed by atoms with Crippen LogP contribution >= 0.6 is 0 Å². The van der Waals surface area contributed by atoms with Gasteiger partial charge in [-0.25, -0.2) is 41.7 Å². The second-order valence-electron chi connectivity index (χ2n) is 8.65. The number of hydrogen-bond donors (Lipinski definition) is 2. The third-order valence-electron chi connectivity index (χ3n) is 5.88. The van der Waals surface area contributed by atoms with E-state index in [0.29, 0.717) is 6.20 Å². The topological polar surface area (TPSA) is 124 Å². The van der Waals surface area contributed by atoms with Crippen LogP contribution in [0.1, 0.15) is 31.4 Å². The van der Waals surface area contributed by atoms with Crippen LogP contribution in [-0.2, 0) is 16.6 Å². The molecule has 0 aromatic carbocycles. The maximum atomic E-state index is 13.9. The van der Waals surface area contributed by atoms with Gasteiger partial charge in [0.1, 0.15) is 23.2 Å². The first kappa shape index (κ1) is 26.8. The molecule has 0 bridgehead atoms. The van der Waals surface area contributed by atoms with Crippen LogP contribution in [-0.4, -0.2) is 49.1 Å². The molecule has 38 heavy (non-hydrogen) atoms. The first-order valence-corrected chi connectivity index (χ1v) is 10.9. The molecule has 0 unspecified atom stereocenters. The van der Waals surface area contributed by atoms with E-state index in [1.807, 2.05) is 0 Å². The van der Waals surface area contributed by atoms with Crippen LogP contribution in [0.3, 0.4) is 0 Å². The number of hydrogen-bond acceptors (Lipinski definition) is 7. The minimum absolute atomic E-state index is 0.0152. The highest BCUT2D eigenvalue weighted by Crippen LogP contribution is 2.55. The lowest BCUT2D eigenvalue weighted by molar-refractivity contribution is -0.208. The number of nitrogens with one attached hydrogen (secondary N) is 2. The van der Waals surface area contributed by atoms with Crippen LogP contribution in [0.4, 0.5) is 42.6 Å². The molecular formula is C22H19F6N7O3. The average Bonchev–Trinajstić information content (AvgIpc) is 3.18. The fourth-order valence-corrected chi connectivity index (χ4v) is 3.90. The highest BCUT2D eigenvalue weighted by atomic mass is 19.3. The second-order valence-corrected chi connectivity index (χ2v) is 8.65. The Hall–Kier alpha value is -4.24. The first-order chi connectivity index (χ1) is 17.8. The number of rotatable bonds is 7. The summed E-state index contributed by atoms with van der Waals surface area (Å²) in [7, 11) is 1.46. The lowest BCUT2D eigenvalue weighted by Crippen LogP contribution is -2.57. The van der Waals surface area contributed by atoms with Gasteiger partial charge in [0.2, 0.25) is 11.9 Å². The van der Waals surface area contributed by atoms with Crippen LogP contribution < -0.4 is 10.6 Å². The van der Waals surface area contributed by atoms with Gasteiger partial charge in [0.25, 0.3) is 12.3 Å². The van der Waals surface area contributed by atoms with E-state index in [2.05, 4.69) is 30.7 Å². The number of alkyl halides is 4. The van der Waals surface area contributed by atoms with Crippen molar-refractivity contribution in [3.63, 3.8) is 0 Å². The number of ether oxygens (including phenoxy) is 1. The van der Waals surface area contributed by atoms with E-state index < -0.39 is 60.5 Å². The van der Waals surface area contributed by atoms with Crippen molar-refractivity contribution < 1.29 is 40.7 Å². The van der Waals surface area contributed by atoms with Crippen molar-refractivity contribution in [2.45, 2.75) is 38.2 Å². The summed E-state index contributed by atoms with van der Waals surface area (Å²) in [6.07, 6.45) is -4.01. The van der Waals surface area contributed by atoms with E-state index in [-0.39, 0.29) is 28.5 Å². The van der Waals surface area contributed by atoms with Crippen molar-refractivity contribution in [3.8, 4) is 11.4 Å². The van der Waals surface area contributed by atoms with E-state index in [0.717, 1.165) is 18.5 Å². The van der Waals surface area contributed by atoms with Gasteiger partial charge in [0, 0.05) is 19.9 Å². The SMILES string of the molecule is C[C@@H](OC(=O)Nc1c(-c2ncc(NC(=O)C3(C(F)F)CC(F)(F)C3)cn2)cnn1C)c1cc(F)cnc1F. The van der Waals surface area contributed by atoms with Crippen LogP contribution in [0.5, 0.6) is 0 Å². The molecule has 3 aromatic heterocycles. The summed E-state index contributed by atoms with van der Waals surface area (Å²) < 4.78 is 86.8. The number of amides is 2. The Bertz CT molecular complexity index is 1360. The Morgan fingerprint density at radius 3 is 2.32 bits per heavy atom. The first-order valence-electron chi connectivity index (χ1n) is 10.9. The highest BCUT2D eigenvalue weighted by Gasteiger charge is 2.65. The number of halogens is 6. The molecule has 0 aliphatic heterocycles. The summed E-state index contributed by atoms with van der Waals surface area (Å²) in [6, 6.07) is 0.837. The minimum atomic E-state index is -3.35. The lowest BCUT2D eigenvalue weighted by atomic mass is 9.65. The van der Waals surface area contributed by atoms with Crippen molar-refractivity contribution in [2.24, 2.45) is 12.5 Å². The number of aromatic nitrogens is 5. The number of pyridine rings is 1. The summed E-state index contributed by atoms with van der Waals surface area (Å²) in [5.74, 6) is -6.43. The monoisotopic (exact) mass is 543 g/mol. The van der Waals surface area contributed by atoms with E-state index in [1.54, 1.807) is 0 Å². The minimum Gasteiger partial charge on any atom is -0.441 e. The Labute approximate surface area is 210 Å². The summed E-state index contributed by atoms with van der Waals surface area (Å²) in [4.78, 5) is 36.0. The molecule has 2 N–H and O–H groups in total. The molecule has 0 radical (unpaired) electrons. The van der Waals surface area contributed by atoms with E-state index >= 15 is 0 Å². The van der Waals surface area contributed by atoms with Crippen molar-refractivity contribution >= 4 is 23.5 Å². The zero-order valence-electron chi connectivity index (χ0n) is 19.7. The summed E-state index contributed by atoms with van der Waals surface area (Å²) in [6.45, 7) is 1.31. The predicted octanol–water partition coefficient (Wildman–Crippen LogP) is 4.48. The maximum Gasteiger partial charge on any atom is 0.413 e. The number of carbonyl (C=O) groups excluding carboxylic acids is 2. The van der Waals surface area contributed by atoms with Crippen molar-refractivity contribution in [2.75, 3.05) is 10.6 Å². The van der Waals surface area contributed by atoms with Gasteiger partial charge in [0.05, 0.1) is 41.6 Å². The van der Waals surface area contributed by atoms with Gasteiger partial charge in [-0.1, -0.05) is 0 Å². The van der Waals surface area contributed by atoms with Gasteiger partial charge in [-0.2, -0.15) is 9.49 Å². The van der Waals surface area contributed by atoms with Gasteiger partial charge in [0.15, 0.2) is 5.82 Å². The predicted molar refractivity (Wildman–Crippen MR) is 118 cm³/mol. The Balaban J connectivity index is 1.45. The molecule has 202 valence electrons. The summed E-state index contributed by atoms with van der Waals surface area (Å²) in [5.41, 5.74) is -2.74. The zero-order chi connectivity index (χ0) is 27.8. The standard InChI is InChI=1S/C22H19F6N7O3/c1-10(13-3-11(23)4-29-15(13)24)38-20(37)34-17-14(7-32-35(17)2)16-30-5-12(6-31-16)33-19(36)21(18(25)26)8-22(27,28)9-21/h3-7,10,18H,8-9H2,1-2H3,(H,33,36)(H,34,37)/t10-/m1/s1. The van der Waals surface area contributed by atoms with Gasteiger partial charge in [-0.15, -0.1) is 0 Å². The number of nitrogens with zero attached hydrogens (tertiary/aromatic N) is 5. The molecule has 10 nitrogen and oxygen atoms in total. The number of aryl methyl sites for hydroxylation is 1. The summed E-state index contributed by atoms with van der Waals surface area (Å²) >= 11 is 0. The number of carbonyl (C=O) groups is 2. The molecule has 3 heterocycles. The summed E-state index contributed by atoms with van der Waals surface area (Å²) in [5, 5.41) is 8.51. The smallest absolute Gasteiger partial charge is 0.413 e. The van der Waals surface area contributed by atoms with Crippen LogP contribution in [0.25, 0.3) is 11.4 Å². The second kappa shape index (κ2) is 9.90. The zero-order valence-corrected chi connectivity index (χ0v) is 19.7. The molecule has 0 saturated heterocycles. The van der Waals surface area contributed by atoms with Crippen LogP contribution in [0.15, 0.2) is 30.9 Å². The number of anilines is 2. The lowest BCUT2D eigenvalue weighted by Gasteiger charge is -2.44. The highest BCUT2D eigenvalue weighted by molar-refractivity contribution is 5.96. The Kier molecular flexibility index (Phi) is 6.99. The van der Waals surface area contributed by atoms with E-state index in [4.69, 9.17) is 4.74 Å². The van der Waals surface area contributed by atoms with Crippen molar-refractivity contribution in [1.29, 1.82) is 0 Å². The molecule has 1 aliphatic rings. The largest absolute Gasteiger partial charge is 0.441 e. The molecule has 1 fully saturated rings. The van der Waals surface area contributed by atoms with Gasteiger partial charge >= 0.3 is 6.09 Å². The van der Waals surface area contributed by atoms with Gasteiger partial charge in [-0.05, 0) is 13.0 Å². The molecule has 1 aliphatic carbocycles. The Morgan fingerprint density at radius 2 is 1.71 bits per heavy atom. The van der Waals surface area contributed by atoms with E-state index in [9.17, 15) is 35.9 Å². The molecule has 1 saturated carbocycles. The van der Waals surface area contributed by atoms with Crippen molar-refractivity contribution in [1.82, 2.24) is 24.7 Å². The van der Waals surface area contributed by atoms with Crippen molar-refractivity contribution in [3.05, 3.63) is 48.2 Å². The van der Waals surface area contributed by atoms with Gasteiger partial charge in [-0.3, -0.25) is 14.8 Å². The molecular weight excluding hydrogens is 524 g/mol. The molecule has 3 aromatic rings. The molecule has 0 spiro atoms. The molecule has 4 rings (SSSR count). The third-order valence-corrected chi connectivity index (χ3v) is 5.88. The van der Waals surface area contributed by atoms with Crippen LogP contribution in [0.2, 0.25) is 0 Å². The van der Waals surface area contributed by atoms with Crippen LogP contribution in [0, 0.1) is 17.2 Å². The molecule has 2 amide bonds. The molecule has 1 atom stereocenters. The average molecular weight is 543 g/mol. The van der Waals surface area contributed by atoms with E-state index in [1.165, 1.54) is 24.9 Å². The fraction of sp³-hybridized carbons (Fsp3) is 0.364. The van der Waals surface area contributed by atoms with Gasteiger partial charge < -0.3 is 10.1 Å². The normalized spacial score (nSPS) is 16.4.